The minimum absolute atomic E-state index is 0.0425. The Morgan fingerprint density at radius 1 is 1.15 bits per heavy atom. The van der Waals surface area contributed by atoms with Gasteiger partial charge in [-0.1, -0.05) is 36.0 Å². The summed E-state index contributed by atoms with van der Waals surface area (Å²) in [7, 11) is -2.69. The highest BCUT2D eigenvalue weighted by molar-refractivity contribution is 8.01. The standard InChI is InChI=1S/C22H24N2O7S3/c1-31-16-6-2-14(3-7-16)15-4-8-17(9-5-15)34(29,30)24-20(21(27)28)18(12-25)19(26)13-33-22-23-10-11-32-22/h2-11,18-20,24-26H,12-13H2,1H3,(H,27,28). The summed E-state index contributed by atoms with van der Waals surface area (Å²) in [6.07, 6.45) is 0.303. The maximum absolute atomic E-state index is 12.9. The third-order valence-electron chi connectivity index (χ3n) is 5.06. The topological polar surface area (TPSA) is 146 Å². The van der Waals surface area contributed by atoms with Crippen LogP contribution < -0.4 is 9.46 Å². The number of carboxylic acid groups (broad SMARTS) is 1. The van der Waals surface area contributed by atoms with Crippen molar-refractivity contribution in [3.63, 3.8) is 0 Å². The number of aliphatic hydroxyl groups excluding tert-OH is 2. The number of rotatable bonds is 12. The molecule has 182 valence electrons. The number of carbonyl (C=O) groups is 1. The van der Waals surface area contributed by atoms with Crippen molar-refractivity contribution in [2.45, 2.75) is 21.4 Å². The van der Waals surface area contributed by atoms with Crippen molar-refractivity contribution in [1.29, 1.82) is 0 Å². The maximum atomic E-state index is 12.9. The van der Waals surface area contributed by atoms with Gasteiger partial charge in [-0.2, -0.15) is 4.72 Å². The zero-order valence-corrected chi connectivity index (χ0v) is 20.5. The molecule has 3 rings (SSSR count). The maximum Gasteiger partial charge on any atom is 0.322 e. The summed E-state index contributed by atoms with van der Waals surface area (Å²) in [6.45, 7) is -0.727. The molecular weight excluding hydrogens is 500 g/mol. The van der Waals surface area contributed by atoms with Crippen LogP contribution in [-0.4, -0.2) is 66.3 Å². The van der Waals surface area contributed by atoms with Gasteiger partial charge in [0.25, 0.3) is 0 Å². The van der Waals surface area contributed by atoms with E-state index in [1.807, 2.05) is 12.1 Å². The molecule has 4 N–H and O–H groups in total. The number of sulfonamides is 1. The van der Waals surface area contributed by atoms with Crippen molar-refractivity contribution in [1.82, 2.24) is 9.71 Å². The Morgan fingerprint density at radius 3 is 2.26 bits per heavy atom. The molecule has 0 radical (unpaired) electrons. The number of aliphatic hydroxyl groups is 2. The lowest BCUT2D eigenvalue weighted by Crippen LogP contribution is -2.51. The van der Waals surface area contributed by atoms with Crippen LogP contribution in [0.4, 0.5) is 0 Å². The van der Waals surface area contributed by atoms with Gasteiger partial charge in [-0.15, -0.1) is 11.3 Å². The Balaban J connectivity index is 1.74. The summed E-state index contributed by atoms with van der Waals surface area (Å²) in [5.41, 5.74) is 1.61. The van der Waals surface area contributed by atoms with Crippen molar-refractivity contribution >= 4 is 39.1 Å². The van der Waals surface area contributed by atoms with Gasteiger partial charge < -0.3 is 20.1 Å². The van der Waals surface area contributed by atoms with Crippen LogP contribution in [0.15, 0.2) is 69.3 Å². The van der Waals surface area contributed by atoms with Gasteiger partial charge >= 0.3 is 5.97 Å². The Hall–Kier alpha value is -2.48. The van der Waals surface area contributed by atoms with E-state index >= 15 is 0 Å². The fourth-order valence-electron chi connectivity index (χ4n) is 3.18. The van der Waals surface area contributed by atoms with Crippen LogP contribution >= 0.6 is 23.1 Å². The molecule has 0 saturated heterocycles. The second kappa shape index (κ2) is 11.8. The third-order valence-corrected chi connectivity index (χ3v) is 8.58. The molecule has 3 aromatic rings. The zero-order chi connectivity index (χ0) is 24.7. The summed E-state index contributed by atoms with van der Waals surface area (Å²) in [5, 5.41) is 31.6. The first-order valence-electron chi connectivity index (χ1n) is 10.1. The number of nitrogens with one attached hydrogen (secondary N) is 1. The molecule has 1 heterocycles. The summed E-state index contributed by atoms with van der Waals surface area (Å²) in [6, 6.07) is 11.4. The molecule has 1 aromatic heterocycles. The van der Waals surface area contributed by atoms with Gasteiger partial charge in [0.1, 0.15) is 16.1 Å². The number of methoxy groups -OCH3 is 1. The number of hydrogen-bond acceptors (Lipinski definition) is 9. The van der Waals surface area contributed by atoms with E-state index in [1.165, 1.54) is 35.2 Å². The normalized spacial score (nSPS) is 14.3. The molecule has 0 bridgehead atoms. The van der Waals surface area contributed by atoms with E-state index in [9.17, 15) is 28.5 Å². The quantitative estimate of drug-likeness (QED) is 0.262. The van der Waals surface area contributed by atoms with Crippen molar-refractivity contribution < 1.29 is 33.3 Å². The SMILES string of the molecule is COc1ccc(-c2ccc(S(=O)(=O)NC(C(=O)O)C(CO)C(O)CSc3nccs3)cc2)cc1. The van der Waals surface area contributed by atoms with E-state index in [0.29, 0.717) is 10.1 Å². The number of thioether (sulfide) groups is 1. The first-order valence-corrected chi connectivity index (χ1v) is 13.4. The Bertz CT molecular complexity index is 1170. The molecule has 3 unspecified atom stereocenters. The number of aliphatic carboxylic acids is 1. The van der Waals surface area contributed by atoms with Crippen molar-refractivity contribution in [3.8, 4) is 16.9 Å². The first kappa shape index (κ1) is 26.1. The number of ether oxygens (including phenoxy) is 1. The fraction of sp³-hybridized carbons (Fsp3) is 0.273. The molecule has 2 aromatic carbocycles. The Labute approximate surface area is 205 Å². The highest BCUT2D eigenvalue weighted by Gasteiger charge is 2.36. The van der Waals surface area contributed by atoms with Gasteiger partial charge in [-0.3, -0.25) is 4.79 Å². The molecule has 0 fully saturated rings. The van der Waals surface area contributed by atoms with E-state index in [-0.39, 0.29) is 10.6 Å². The van der Waals surface area contributed by atoms with Crippen LogP contribution in [0.2, 0.25) is 0 Å². The van der Waals surface area contributed by atoms with Crippen LogP contribution in [-0.2, 0) is 14.8 Å². The van der Waals surface area contributed by atoms with Gasteiger partial charge in [-0.25, -0.2) is 13.4 Å². The van der Waals surface area contributed by atoms with E-state index in [0.717, 1.165) is 11.1 Å². The minimum Gasteiger partial charge on any atom is -0.497 e. The number of aromatic nitrogens is 1. The number of hydrogen-bond donors (Lipinski definition) is 4. The molecule has 0 aliphatic heterocycles. The highest BCUT2D eigenvalue weighted by Crippen LogP contribution is 2.26. The van der Waals surface area contributed by atoms with E-state index in [4.69, 9.17) is 4.74 Å². The summed E-state index contributed by atoms with van der Waals surface area (Å²) in [5.74, 6) is -2.03. The molecule has 3 atom stereocenters. The lowest BCUT2D eigenvalue weighted by molar-refractivity contribution is -0.142. The number of benzene rings is 2. The van der Waals surface area contributed by atoms with Crippen molar-refractivity contribution in [2.75, 3.05) is 19.5 Å². The minimum atomic E-state index is -4.25. The third kappa shape index (κ3) is 6.56. The molecule has 12 heteroatoms. The number of nitrogens with zero attached hydrogens (tertiary/aromatic N) is 1. The molecule has 0 aliphatic rings. The summed E-state index contributed by atoms with van der Waals surface area (Å²) < 4.78 is 33.7. The van der Waals surface area contributed by atoms with Crippen LogP contribution in [0.3, 0.4) is 0 Å². The van der Waals surface area contributed by atoms with E-state index in [1.54, 1.807) is 43.0 Å². The monoisotopic (exact) mass is 524 g/mol. The van der Waals surface area contributed by atoms with Crippen molar-refractivity contribution in [2.24, 2.45) is 5.92 Å². The summed E-state index contributed by atoms with van der Waals surface area (Å²) >= 11 is 2.54. The molecule has 0 saturated carbocycles. The average molecular weight is 525 g/mol. The van der Waals surface area contributed by atoms with E-state index in [2.05, 4.69) is 9.71 Å². The smallest absolute Gasteiger partial charge is 0.322 e. The number of carboxylic acids is 1. The Morgan fingerprint density at radius 2 is 1.76 bits per heavy atom. The average Bonchev–Trinajstić information content (AvgIpc) is 3.36. The predicted molar refractivity (Wildman–Crippen MR) is 130 cm³/mol. The number of thiazole rings is 1. The predicted octanol–water partition coefficient (Wildman–Crippen LogP) is 2.31. The second-order valence-corrected chi connectivity index (χ2v) is 11.1. The second-order valence-electron chi connectivity index (χ2n) is 7.21. The van der Waals surface area contributed by atoms with Crippen molar-refractivity contribution in [3.05, 3.63) is 60.1 Å². The lowest BCUT2D eigenvalue weighted by atomic mass is 9.96. The molecule has 0 amide bonds. The first-order chi connectivity index (χ1) is 16.2. The van der Waals surface area contributed by atoms with Crippen LogP contribution in [0, 0.1) is 5.92 Å². The van der Waals surface area contributed by atoms with Crippen LogP contribution in [0.5, 0.6) is 5.75 Å². The van der Waals surface area contributed by atoms with Gasteiger partial charge in [0, 0.05) is 23.2 Å². The van der Waals surface area contributed by atoms with Crippen LogP contribution in [0.1, 0.15) is 0 Å². The summed E-state index contributed by atoms with van der Waals surface area (Å²) in [4.78, 5) is 15.8. The molecule has 0 aliphatic carbocycles. The van der Waals surface area contributed by atoms with Gasteiger partial charge in [0.2, 0.25) is 10.0 Å². The molecular formula is C22H24N2O7S3. The molecule has 0 spiro atoms. The Kier molecular flexibility index (Phi) is 9.05. The fourth-order valence-corrected chi connectivity index (χ4v) is 6.12. The molecule has 34 heavy (non-hydrogen) atoms. The largest absolute Gasteiger partial charge is 0.497 e. The molecule has 9 nitrogen and oxygen atoms in total. The van der Waals surface area contributed by atoms with Gasteiger partial charge in [0.05, 0.1) is 24.7 Å². The highest BCUT2D eigenvalue weighted by atomic mass is 32.2. The zero-order valence-electron chi connectivity index (χ0n) is 18.1. The van der Waals surface area contributed by atoms with Crippen LogP contribution in [0.25, 0.3) is 11.1 Å². The van der Waals surface area contributed by atoms with E-state index < -0.39 is 40.7 Å². The van der Waals surface area contributed by atoms with Gasteiger partial charge in [0.15, 0.2) is 0 Å². The lowest BCUT2D eigenvalue weighted by Gasteiger charge is -2.27. The van der Waals surface area contributed by atoms with Gasteiger partial charge in [-0.05, 0) is 35.4 Å².